The van der Waals surface area contributed by atoms with Gasteiger partial charge in [0.25, 0.3) is 0 Å². The molecule has 14 nitrogen and oxygen atoms in total. The van der Waals surface area contributed by atoms with Gasteiger partial charge in [0.1, 0.15) is 48.8 Å². The molecule has 0 radical (unpaired) electrons. The van der Waals surface area contributed by atoms with E-state index in [-0.39, 0.29) is 18.9 Å². The number of nitrogens with one attached hydrogen (secondary N) is 1. The molecule has 0 aromatic heterocycles. The zero-order chi connectivity index (χ0) is 46.1. The van der Waals surface area contributed by atoms with Gasteiger partial charge in [-0.2, -0.15) is 0 Å². The molecule has 356 valence electrons. The number of hydrogen-bond donors (Lipinski definition) is 9. The number of rotatable bonds is 31. The van der Waals surface area contributed by atoms with E-state index in [0.717, 1.165) is 64.2 Å². The van der Waals surface area contributed by atoms with Crippen LogP contribution < -0.4 is 5.32 Å². The molecule has 12 atom stereocenters. The number of ether oxygens (including phenoxy) is 4. The molecule has 2 heterocycles. The van der Waals surface area contributed by atoms with Gasteiger partial charge in [-0.25, -0.2) is 0 Å². The van der Waals surface area contributed by atoms with Crippen LogP contribution in [0.1, 0.15) is 97.3 Å². The Balaban J connectivity index is 1.93. The van der Waals surface area contributed by atoms with Crippen molar-refractivity contribution < 1.29 is 64.6 Å². The van der Waals surface area contributed by atoms with Crippen LogP contribution in [-0.4, -0.2) is 140 Å². The zero-order valence-corrected chi connectivity index (χ0v) is 37.3. The molecule has 2 aliphatic heterocycles. The van der Waals surface area contributed by atoms with Gasteiger partial charge < -0.3 is 65.1 Å². The predicted molar refractivity (Wildman–Crippen MR) is 244 cm³/mol. The van der Waals surface area contributed by atoms with Gasteiger partial charge in [-0.05, 0) is 77.0 Å². The molecular weight excluding hydrogens is 811 g/mol. The number of carbonyl (C=O) groups excluding carboxylic acids is 1. The molecular formula is C49H77NO13. The van der Waals surface area contributed by atoms with E-state index in [4.69, 9.17) is 18.9 Å². The molecule has 2 rings (SSSR count). The summed E-state index contributed by atoms with van der Waals surface area (Å²) in [6.45, 7) is 2.41. The molecule has 1 amide bonds. The van der Waals surface area contributed by atoms with E-state index >= 15 is 0 Å². The van der Waals surface area contributed by atoms with Gasteiger partial charge in [0.2, 0.25) is 5.91 Å². The molecule has 2 saturated heterocycles. The molecule has 63 heavy (non-hydrogen) atoms. The summed E-state index contributed by atoms with van der Waals surface area (Å²) in [6, 6.07) is -0.983. The molecule has 9 N–H and O–H groups in total. The van der Waals surface area contributed by atoms with Gasteiger partial charge in [-0.1, -0.05) is 123 Å². The number of aliphatic hydroxyl groups excluding tert-OH is 8. The minimum absolute atomic E-state index is 0.137. The average Bonchev–Trinajstić information content (AvgIpc) is 3.28. The van der Waals surface area contributed by atoms with Crippen LogP contribution >= 0.6 is 0 Å². The van der Waals surface area contributed by atoms with Crippen molar-refractivity contribution in [3.63, 3.8) is 0 Å². The maximum atomic E-state index is 13.1. The van der Waals surface area contributed by atoms with E-state index in [1.807, 2.05) is 12.2 Å². The van der Waals surface area contributed by atoms with Gasteiger partial charge in [0.05, 0.1) is 32.0 Å². The summed E-state index contributed by atoms with van der Waals surface area (Å²) in [5, 5.41) is 86.3. The number of allylic oxidation sites excluding steroid dienone is 17. The Bertz CT molecular complexity index is 1470. The molecule has 0 bridgehead atoms. The number of unbranched alkanes of at least 4 members (excludes halogenated alkanes) is 2. The lowest BCUT2D eigenvalue weighted by atomic mass is 9.97. The van der Waals surface area contributed by atoms with E-state index in [2.05, 4.69) is 104 Å². The van der Waals surface area contributed by atoms with Crippen molar-refractivity contribution in [1.82, 2.24) is 5.32 Å². The number of carbonyl (C=O) groups is 1. The predicted octanol–water partition coefficient (Wildman–Crippen LogP) is 4.59. The second-order valence-corrected chi connectivity index (χ2v) is 15.4. The number of aliphatic hydroxyl groups is 8. The highest BCUT2D eigenvalue weighted by Crippen LogP contribution is 2.29. The van der Waals surface area contributed by atoms with Crippen LogP contribution in [0.3, 0.4) is 0 Å². The lowest BCUT2D eigenvalue weighted by molar-refractivity contribution is -0.359. The smallest absolute Gasteiger partial charge is 0.220 e. The maximum Gasteiger partial charge on any atom is 0.220 e. The van der Waals surface area contributed by atoms with E-state index in [9.17, 15) is 45.6 Å². The summed E-state index contributed by atoms with van der Waals surface area (Å²) in [7, 11) is 0. The zero-order valence-electron chi connectivity index (χ0n) is 37.3. The normalized spacial score (nSPS) is 28.5. The fraction of sp³-hybridized carbons (Fsp3) is 0.612. The second kappa shape index (κ2) is 35.0. The van der Waals surface area contributed by atoms with Crippen molar-refractivity contribution >= 4 is 5.91 Å². The molecule has 0 spiro atoms. The first-order valence-corrected chi connectivity index (χ1v) is 22.6. The fourth-order valence-electron chi connectivity index (χ4n) is 6.53. The summed E-state index contributed by atoms with van der Waals surface area (Å²) in [5.74, 6) is -0.345. The monoisotopic (exact) mass is 888 g/mol. The van der Waals surface area contributed by atoms with Crippen molar-refractivity contribution in [3.8, 4) is 0 Å². The van der Waals surface area contributed by atoms with E-state index in [1.54, 1.807) is 12.2 Å². The third-order valence-corrected chi connectivity index (χ3v) is 10.2. The lowest BCUT2D eigenvalue weighted by Gasteiger charge is -2.46. The van der Waals surface area contributed by atoms with Gasteiger partial charge in [0.15, 0.2) is 12.6 Å². The summed E-state index contributed by atoms with van der Waals surface area (Å²) in [4.78, 5) is 13.1. The molecule has 0 saturated carbocycles. The third-order valence-electron chi connectivity index (χ3n) is 10.2. The lowest BCUT2D eigenvalue weighted by Crippen LogP contribution is -2.65. The summed E-state index contributed by atoms with van der Waals surface area (Å²) in [5.41, 5.74) is 0. The van der Waals surface area contributed by atoms with Crippen LogP contribution in [-0.2, 0) is 23.7 Å². The highest BCUT2D eigenvalue weighted by molar-refractivity contribution is 5.76. The summed E-state index contributed by atoms with van der Waals surface area (Å²) >= 11 is 0. The van der Waals surface area contributed by atoms with Crippen molar-refractivity contribution in [1.29, 1.82) is 0 Å². The molecule has 0 aromatic rings. The topological polar surface area (TPSA) is 228 Å². The first kappa shape index (κ1) is 55.8. The minimum Gasteiger partial charge on any atom is -0.394 e. The van der Waals surface area contributed by atoms with E-state index in [0.29, 0.717) is 12.8 Å². The maximum absolute atomic E-state index is 13.1. The van der Waals surface area contributed by atoms with Crippen LogP contribution in [0.2, 0.25) is 0 Å². The van der Waals surface area contributed by atoms with Gasteiger partial charge in [0, 0.05) is 6.42 Å². The molecule has 14 heteroatoms. The first-order valence-electron chi connectivity index (χ1n) is 22.6. The molecule has 0 aromatic carbocycles. The van der Waals surface area contributed by atoms with Crippen molar-refractivity contribution in [2.24, 2.45) is 0 Å². The standard InChI is InChI=1S/C49H77NO13/c1-3-5-7-9-11-13-15-16-17-18-19-20-21-22-23-25-27-29-31-33-41(54)50-37(38(53)32-30-28-26-24-14-12-10-8-6-4-2)36-60-48-46(59)44(57)47(40(35-52)62-48)63-49-45(58)43(56)42(55)39(34-51)61-49/h5-8,11,13-14,16-17,19-20,22-24,27,29-30,32,37-40,42-49,51-53,55-59H,3-4,9-10,12,15,18,21,25-26,28,31,33-36H2,1-2H3,(H,50,54)/b7-5-,8-6+,13-11-,17-16-,20-19-,23-22-,24-14+,29-27-,32-30+. The molecule has 2 fully saturated rings. The van der Waals surface area contributed by atoms with Crippen molar-refractivity contribution in [2.75, 3.05) is 19.8 Å². The number of hydrogen-bond acceptors (Lipinski definition) is 13. The van der Waals surface area contributed by atoms with Crippen LogP contribution in [0.15, 0.2) is 109 Å². The second-order valence-electron chi connectivity index (χ2n) is 15.4. The van der Waals surface area contributed by atoms with E-state index < -0.39 is 86.8 Å². The summed E-state index contributed by atoms with van der Waals surface area (Å²) in [6.07, 6.45) is 30.2. The summed E-state index contributed by atoms with van der Waals surface area (Å²) < 4.78 is 22.5. The van der Waals surface area contributed by atoms with Crippen LogP contribution in [0.5, 0.6) is 0 Å². The van der Waals surface area contributed by atoms with Gasteiger partial charge in [-0.15, -0.1) is 0 Å². The van der Waals surface area contributed by atoms with E-state index in [1.165, 1.54) is 0 Å². The minimum atomic E-state index is -1.80. The number of amides is 1. The Hall–Kier alpha value is -3.35. The largest absolute Gasteiger partial charge is 0.394 e. The van der Waals surface area contributed by atoms with Crippen LogP contribution in [0.25, 0.3) is 0 Å². The Morgan fingerprint density at radius 3 is 1.54 bits per heavy atom. The van der Waals surface area contributed by atoms with Gasteiger partial charge in [-0.3, -0.25) is 4.79 Å². The average molecular weight is 888 g/mol. The third kappa shape index (κ3) is 22.9. The molecule has 2 aliphatic rings. The van der Waals surface area contributed by atoms with Crippen LogP contribution in [0, 0.1) is 0 Å². The van der Waals surface area contributed by atoms with Crippen molar-refractivity contribution in [3.05, 3.63) is 109 Å². The van der Waals surface area contributed by atoms with Crippen LogP contribution in [0.4, 0.5) is 0 Å². The Morgan fingerprint density at radius 2 is 1.00 bits per heavy atom. The molecule has 0 aliphatic carbocycles. The van der Waals surface area contributed by atoms with Gasteiger partial charge >= 0.3 is 0 Å². The Labute approximate surface area is 375 Å². The SMILES string of the molecule is CC/C=C\C/C=C\C/C=C\C/C=C\C/C=C\C/C=C\CCC(=O)NC(COC1OC(CO)C(OC2OC(CO)C(O)C(O)C2O)C(O)C1O)C(O)/C=C/CC/C=C/CC/C=C/CC. The Morgan fingerprint density at radius 1 is 0.556 bits per heavy atom. The highest BCUT2D eigenvalue weighted by Gasteiger charge is 2.50. The molecule has 12 unspecified atom stereocenters. The quantitative estimate of drug-likeness (QED) is 0.0344. The Kier molecular flexibility index (Phi) is 31.0. The first-order chi connectivity index (χ1) is 30.6. The van der Waals surface area contributed by atoms with Crippen molar-refractivity contribution in [2.45, 2.75) is 171 Å². The highest BCUT2D eigenvalue weighted by atomic mass is 16.7. The fourth-order valence-corrected chi connectivity index (χ4v) is 6.53.